The fourth-order valence-electron chi connectivity index (χ4n) is 6.94. The average molecular weight is 565 g/mol. The molecule has 0 radical (unpaired) electrons. The van der Waals surface area contributed by atoms with Gasteiger partial charge < -0.3 is 40.7 Å². The van der Waals surface area contributed by atoms with Crippen molar-refractivity contribution in [2.45, 2.75) is 55.9 Å². The van der Waals surface area contributed by atoms with Crippen molar-refractivity contribution < 1.29 is 44.6 Å². The van der Waals surface area contributed by atoms with Gasteiger partial charge in [0.15, 0.2) is 11.6 Å². The molecule has 7 N–H and O–H groups in total. The topological polar surface area (TPSA) is 193 Å². The summed E-state index contributed by atoms with van der Waals surface area (Å²) in [6.45, 7) is 1.06. The van der Waals surface area contributed by atoms with Crippen molar-refractivity contribution in [2.75, 3.05) is 12.3 Å². The van der Waals surface area contributed by atoms with Crippen molar-refractivity contribution in [3.63, 3.8) is 0 Å². The molecule has 11 heteroatoms. The number of carbonyl (C=O) groups excluding carboxylic acids is 2. The lowest BCUT2D eigenvalue weighted by atomic mass is 9.61. The fraction of sp³-hybridized carbons (Fsp3) is 0.433. The smallest absolute Gasteiger partial charge is 0.229 e. The van der Waals surface area contributed by atoms with Gasteiger partial charge in [-0.3, -0.25) is 9.59 Å². The van der Waals surface area contributed by atoms with E-state index in [1.165, 1.54) is 30.5 Å². The molecule has 6 rings (SSSR count). The summed E-state index contributed by atoms with van der Waals surface area (Å²) in [6.07, 6.45) is 0.193. The van der Waals surface area contributed by atoms with E-state index in [1.807, 2.05) is 0 Å². The van der Waals surface area contributed by atoms with Crippen LogP contribution >= 0.6 is 0 Å². The van der Waals surface area contributed by atoms with Gasteiger partial charge >= 0.3 is 0 Å². The molecule has 4 aliphatic rings. The molecule has 1 aromatic carbocycles. The Hall–Kier alpha value is -3.61. The number of ketones is 2. The molecular weight excluding hydrogens is 532 g/mol. The number of benzene rings is 1. The number of nitrogens with two attached hydrogens (primary N) is 1. The van der Waals surface area contributed by atoms with Crippen molar-refractivity contribution in [2.24, 2.45) is 17.8 Å². The number of nitrogens with zero attached hydrogens (tertiary/aromatic N) is 1. The largest absolute Gasteiger partial charge is 0.511 e. The highest BCUT2D eigenvalue weighted by molar-refractivity contribution is 6.19. The van der Waals surface area contributed by atoms with Gasteiger partial charge in [-0.05, 0) is 61.9 Å². The van der Waals surface area contributed by atoms with Gasteiger partial charge in [0.05, 0.1) is 24.0 Å². The number of aliphatic hydroxyl groups excluding tert-OH is 4. The van der Waals surface area contributed by atoms with Crippen LogP contribution in [0.15, 0.2) is 60.0 Å². The number of allylic oxidation sites excluding steroid dienone is 4. The Morgan fingerprint density at radius 2 is 1.98 bits per heavy atom. The second-order valence-electron chi connectivity index (χ2n) is 11.5. The zero-order chi connectivity index (χ0) is 29.3. The van der Waals surface area contributed by atoms with Gasteiger partial charge in [-0.15, -0.1) is 0 Å². The minimum Gasteiger partial charge on any atom is -0.511 e. The van der Waals surface area contributed by atoms with Crippen LogP contribution < -0.4 is 10.5 Å². The lowest BCUT2D eigenvalue weighted by molar-refractivity contribution is -0.376. The van der Waals surface area contributed by atoms with Gasteiger partial charge in [0.1, 0.15) is 40.7 Å². The number of rotatable bonds is 5. The molecule has 11 nitrogen and oxygen atoms in total. The van der Waals surface area contributed by atoms with Gasteiger partial charge in [0, 0.05) is 11.8 Å². The van der Waals surface area contributed by atoms with Crippen LogP contribution in [-0.4, -0.2) is 78.4 Å². The minimum atomic E-state index is -2.17. The zero-order valence-corrected chi connectivity index (χ0v) is 22.3. The van der Waals surface area contributed by atoms with E-state index in [1.54, 1.807) is 25.1 Å². The van der Waals surface area contributed by atoms with Crippen LogP contribution in [0.3, 0.4) is 0 Å². The number of hydrogen-bond donors (Lipinski definition) is 6. The molecule has 2 bridgehead atoms. The summed E-state index contributed by atoms with van der Waals surface area (Å²) >= 11 is 0. The molecule has 8 unspecified atom stereocenters. The molecule has 1 saturated heterocycles. The first-order valence-electron chi connectivity index (χ1n) is 13.5. The van der Waals surface area contributed by atoms with E-state index in [2.05, 4.69) is 4.98 Å². The summed E-state index contributed by atoms with van der Waals surface area (Å²) < 4.78 is 12.0. The van der Waals surface area contributed by atoms with Crippen LogP contribution in [0.5, 0.6) is 5.75 Å². The summed E-state index contributed by atoms with van der Waals surface area (Å²) in [6, 6.07) is 7.80. The van der Waals surface area contributed by atoms with Gasteiger partial charge in [0.25, 0.3) is 0 Å². The van der Waals surface area contributed by atoms with Gasteiger partial charge in [-0.2, -0.15) is 0 Å². The standard InChI is InChI=1S/C30H32N2O9/c1-14-9-18-22(19(34)10-14)25(36)23-17(24(18)35)3-2-4-20(23)40-27-26(37)30(39)16(11-15-6-8-32-21(31)12-15)5-7-29(13-33,41-27)28(30)38/h2-4,6,8-10,12,16,18,22,26-28,33-34,37-39H,5,7,11,13H2,1H3,(H2,31,32). The number of nitrogen functional groups attached to an aromatic ring is 1. The van der Waals surface area contributed by atoms with Crippen LogP contribution in [0.1, 0.15) is 46.0 Å². The molecular formula is C30H32N2O9. The third kappa shape index (κ3) is 4.11. The maximum atomic E-state index is 13.7. The second-order valence-corrected chi connectivity index (χ2v) is 11.5. The number of pyridine rings is 1. The molecule has 1 aliphatic heterocycles. The summed E-state index contributed by atoms with van der Waals surface area (Å²) in [5, 5.41) is 55.6. The third-order valence-corrected chi connectivity index (χ3v) is 9.05. The minimum absolute atomic E-state index is 0.0763. The lowest BCUT2D eigenvalue weighted by Crippen LogP contribution is -2.78. The van der Waals surface area contributed by atoms with Crippen LogP contribution in [0.2, 0.25) is 0 Å². The molecule has 2 fully saturated rings. The molecule has 216 valence electrons. The second kappa shape index (κ2) is 9.74. The van der Waals surface area contributed by atoms with E-state index in [-0.39, 0.29) is 47.1 Å². The molecule has 1 aromatic heterocycles. The first-order chi connectivity index (χ1) is 19.5. The van der Waals surface area contributed by atoms with E-state index in [9.17, 15) is 35.1 Å². The number of ether oxygens (including phenoxy) is 2. The third-order valence-electron chi connectivity index (χ3n) is 9.05. The van der Waals surface area contributed by atoms with E-state index >= 15 is 0 Å². The summed E-state index contributed by atoms with van der Waals surface area (Å²) in [7, 11) is 0. The number of aromatic nitrogens is 1. The number of Topliss-reactive ketones (excluding diaryl/α,β-unsaturated/α-hetero) is 2. The number of fused-ring (bicyclic) bond motifs is 4. The molecule has 0 spiro atoms. The van der Waals surface area contributed by atoms with Crippen molar-refractivity contribution in [3.8, 4) is 5.75 Å². The Balaban J connectivity index is 1.36. The van der Waals surface area contributed by atoms with E-state index in [0.29, 0.717) is 12.0 Å². The molecule has 41 heavy (non-hydrogen) atoms. The van der Waals surface area contributed by atoms with Gasteiger partial charge in [0.2, 0.25) is 6.29 Å². The SMILES string of the molecule is CC1=CC2C(=O)c3cccc(OC4OC5(CO)CCC(Cc6ccnc(N)c6)C(O)(C4O)C5O)c3C(=O)C2C(O)=C1. The van der Waals surface area contributed by atoms with Crippen molar-refractivity contribution >= 4 is 17.4 Å². The number of aliphatic hydroxyl groups is 5. The van der Waals surface area contributed by atoms with E-state index in [0.717, 1.165) is 5.56 Å². The van der Waals surface area contributed by atoms with E-state index in [4.69, 9.17) is 15.2 Å². The summed E-state index contributed by atoms with van der Waals surface area (Å²) in [4.78, 5) is 31.0. The Morgan fingerprint density at radius 1 is 1.20 bits per heavy atom. The highest BCUT2D eigenvalue weighted by Gasteiger charge is 2.67. The van der Waals surface area contributed by atoms with Crippen molar-refractivity contribution in [3.05, 3.63) is 76.7 Å². The predicted octanol–water partition coefficient (Wildman–Crippen LogP) is 1.25. The predicted molar refractivity (Wildman–Crippen MR) is 144 cm³/mol. The zero-order valence-electron chi connectivity index (χ0n) is 22.3. The Labute approximate surface area is 235 Å². The van der Waals surface area contributed by atoms with Crippen molar-refractivity contribution in [1.29, 1.82) is 0 Å². The molecule has 3 aliphatic carbocycles. The Kier molecular flexibility index (Phi) is 6.55. The van der Waals surface area contributed by atoms with Crippen LogP contribution in [0, 0.1) is 17.8 Å². The molecule has 8 atom stereocenters. The quantitative estimate of drug-likeness (QED) is 0.306. The van der Waals surface area contributed by atoms with E-state index < -0.39 is 59.8 Å². The molecule has 0 amide bonds. The van der Waals surface area contributed by atoms with Crippen LogP contribution in [0.4, 0.5) is 5.82 Å². The first kappa shape index (κ1) is 27.6. The maximum Gasteiger partial charge on any atom is 0.229 e. The van der Waals surface area contributed by atoms with Crippen molar-refractivity contribution in [1.82, 2.24) is 4.98 Å². The summed E-state index contributed by atoms with van der Waals surface area (Å²) in [5.41, 5.74) is 3.41. The fourth-order valence-corrected chi connectivity index (χ4v) is 6.94. The monoisotopic (exact) mass is 564 g/mol. The highest BCUT2D eigenvalue weighted by Crippen LogP contribution is 2.51. The normalized spacial score (nSPS) is 36.1. The van der Waals surface area contributed by atoms with Gasteiger partial charge in [-0.1, -0.05) is 23.8 Å². The lowest BCUT2D eigenvalue weighted by Gasteiger charge is -2.59. The molecule has 2 aromatic rings. The number of hydrogen-bond acceptors (Lipinski definition) is 11. The maximum absolute atomic E-state index is 13.7. The number of carbonyl (C=O) groups is 2. The first-order valence-corrected chi connectivity index (χ1v) is 13.5. The highest BCUT2D eigenvalue weighted by atomic mass is 16.7. The average Bonchev–Trinajstić information content (AvgIpc) is 2.94. The Morgan fingerprint density at radius 3 is 2.71 bits per heavy atom. The van der Waals surface area contributed by atoms with Gasteiger partial charge in [-0.25, -0.2) is 4.98 Å². The van der Waals surface area contributed by atoms with Crippen LogP contribution in [-0.2, 0) is 11.2 Å². The molecule has 1 saturated carbocycles. The Bertz CT molecular complexity index is 1490. The van der Waals surface area contributed by atoms with Crippen LogP contribution in [0.25, 0.3) is 0 Å². The summed E-state index contributed by atoms with van der Waals surface area (Å²) in [5.74, 6) is -3.60. The number of anilines is 1. The molecule has 2 heterocycles.